The highest BCUT2D eigenvalue weighted by molar-refractivity contribution is 6.00. The third-order valence-corrected chi connectivity index (χ3v) is 6.47. The van der Waals surface area contributed by atoms with Crippen LogP contribution in [0.1, 0.15) is 34.5 Å². The normalized spacial score (nSPS) is 18.8. The van der Waals surface area contributed by atoms with Gasteiger partial charge in [-0.1, -0.05) is 24.3 Å². The fourth-order valence-corrected chi connectivity index (χ4v) is 4.56. The van der Waals surface area contributed by atoms with E-state index >= 15 is 0 Å². The van der Waals surface area contributed by atoms with Gasteiger partial charge in [0.2, 0.25) is 5.91 Å². The van der Waals surface area contributed by atoms with Crippen LogP contribution in [0.25, 0.3) is 0 Å². The van der Waals surface area contributed by atoms with Crippen LogP contribution < -0.4 is 16.0 Å². The molecule has 2 unspecified atom stereocenters. The van der Waals surface area contributed by atoms with Crippen LogP contribution in [0.2, 0.25) is 0 Å². The number of furan rings is 1. The molecular formula is C27H28N4O5. The fraction of sp³-hybridized carbons (Fsp3) is 0.296. The molecule has 3 heterocycles. The van der Waals surface area contributed by atoms with Crippen LogP contribution in [-0.4, -0.2) is 48.0 Å². The first-order valence-corrected chi connectivity index (χ1v) is 12.1. The molecule has 1 saturated heterocycles. The van der Waals surface area contributed by atoms with Crippen LogP contribution >= 0.6 is 0 Å². The lowest BCUT2D eigenvalue weighted by atomic mass is 9.93. The van der Waals surface area contributed by atoms with Crippen molar-refractivity contribution >= 4 is 29.2 Å². The number of hydrogen-bond donors (Lipinski definition) is 3. The van der Waals surface area contributed by atoms with Crippen molar-refractivity contribution in [3.05, 3.63) is 83.8 Å². The molecule has 3 N–H and O–H groups in total. The number of urea groups is 1. The Morgan fingerprint density at radius 3 is 2.36 bits per heavy atom. The monoisotopic (exact) mass is 488 g/mol. The van der Waals surface area contributed by atoms with Crippen LogP contribution in [0.15, 0.2) is 71.3 Å². The van der Waals surface area contributed by atoms with Crippen molar-refractivity contribution in [2.24, 2.45) is 0 Å². The van der Waals surface area contributed by atoms with Gasteiger partial charge in [-0.15, -0.1) is 0 Å². The largest absolute Gasteiger partial charge is 0.459 e. The van der Waals surface area contributed by atoms with Crippen molar-refractivity contribution < 1.29 is 23.5 Å². The number of amides is 4. The summed E-state index contributed by atoms with van der Waals surface area (Å²) in [4.78, 5) is 40.1. The average molecular weight is 489 g/mol. The predicted octanol–water partition coefficient (Wildman–Crippen LogP) is 3.79. The number of nitrogens with zero attached hydrogens (tertiary/aromatic N) is 1. The third-order valence-electron chi connectivity index (χ3n) is 6.47. The van der Waals surface area contributed by atoms with E-state index in [4.69, 9.17) is 9.15 Å². The molecule has 0 bridgehead atoms. The summed E-state index contributed by atoms with van der Waals surface area (Å²) in [6.07, 6.45) is 3.88. The van der Waals surface area contributed by atoms with Gasteiger partial charge in [0.25, 0.3) is 5.91 Å². The van der Waals surface area contributed by atoms with E-state index in [1.165, 1.54) is 6.26 Å². The van der Waals surface area contributed by atoms with Gasteiger partial charge in [0.05, 0.1) is 12.4 Å². The van der Waals surface area contributed by atoms with E-state index in [1.54, 1.807) is 41.3 Å². The Labute approximate surface area is 208 Å². The molecule has 2 aliphatic rings. The standard InChI is InChI=1S/C27H28N4O5/c32-25(29-20-9-11-21(12-10-20)30-27(34)28-16-22-7-3-13-35-22)23-15-18-5-1-2-6-19(18)17-31(23)26(33)24-8-4-14-36-24/h1-2,4-6,8-12,14,22-23H,3,7,13,15-17H2,(H,29,32)(H2,28,30,34). The lowest BCUT2D eigenvalue weighted by Crippen LogP contribution is -2.50. The number of benzene rings is 2. The van der Waals surface area contributed by atoms with Crippen LogP contribution in [0, 0.1) is 0 Å². The van der Waals surface area contributed by atoms with Gasteiger partial charge in [0.15, 0.2) is 5.76 Å². The molecule has 1 aromatic heterocycles. The Hall–Kier alpha value is -4.11. The van der Waals surface area contributed by atoms with Gasteiger partial charge in [0.1, 0.15) is 6.04 Å². The first-order valence-electron chi connectivity index (χ1n) is 12.1. The maximum absolute atomic E-state index is 13.3. The Kier molecular flexibility index (Phi) is 6.99. The van der Waals surface area contributed by atoms with Crippen LogP contribution in [0.3, 0.4) is 0 Å². The van der Waals surface area contributed by atoms with Crippen molar-refractivity contribution in [2.45, 2.75) is 38.0 Å². The molecule has 2 atom stereocenters. The number of carbonyl (C=O) groups is 3. The highest BCUT2D eigenvalue weighted by atomic mass is 16.5. The molecule has 2 aromatic carbocycles. The van der Waals surface area contributed by atoms with Crippen LogP contribution in [0.4, 0.5) is 16.2 Å². The van der Waals surface area contributed by atoms with E-state index in [1.807, 2.05) is 24.3 Å². The summed E-state index contributed by atoms with van der Waals surface area (Å²) in [5.41, 5.74) is 3.21. The van der Waals surface area contributed by atoms with Crippen molar-refractivity contribution in [1.82, 2.24) is 10.2 Å². The van der Waals surface area contributed by atoms with E-state index in [9.17, 15) is 14.4 Å². The quantitative estimate of drug-likeness (QED) is 0.489. The van der Waals surface area contributed by atoms with Crippen LogP contribution in [0.5, 0.6) is 0 Å². The summed E-state index contributed by atoms with van der Waals surface area (Å²) in [5.74, 6) is -0.428. The molecule has 3 aromatic rings. The zero-order chi connectivity index (χ0) is 24.9. The summed E-state index contributed by atoms with van der Waals surface area (Å²) in [7, 11) is 0. The van der Waals surface area contributed by atoms with Crippen molar-refractivity contribution in [2.75, 3.05) is 23.8 Å². The molecule has 5 rings (SSSR count). The summed E-state index contributed by atoms with van der Waals surface area (Å²) >= 11 is 0. The highest BCUT2D eigenvalue weighted by Gasteiger charge is 2.36. The molecule has 9 heteroatoms. The number of fused-ring (bicyclic) bond motifs is 1. The summed E-state index contributed by atoms with van der Waals surface area (Å²) in [5, 5.41) is 8.49. The molecule has 0 radical (unpaired) electrons. The van der Waals surface area contributed by atoms with Crippen molar-refractivity contribution in [1.29, 1.82) is 0 Å². The molecule has 0 spiro atoms. The van der Waals surface area contributed by atoms with E-state index in [-0.39, 0.29) is 29.7 Å². The average Bonchev–Trinajstić information content (AvgIpc) is 3.62. The maximum Gasteiger partial charge on any atom is 0.319 e. The molecule has 36 heavy (non-hydrogen) atoms. The lowest BCUT2D eigenvalue weighted by molar-refractivity contribution is -0.121. The zero-order valence-electron chi connectivity index (χ0n) is 19.7. The molecule has 0 saturated carbocycles. The van der Waals surface area contributed by atoms with Gasteiger partial charge in [0, 0.05) is 37.5 Å². The number of rotatable bonds is 6. The van der Waals surface area contributed by atoms with Gasteiger partial charge < -0.3 is 30.0 Å². The molecule has 0 aliphatic carbocycles. The number of hydrogen-bond acceptors (Lipinski definition) is 5. The summed E-state index contributed by atoms with van der Waals surface area (Å²) in [6, 6.07) is 16.9. The minimum Gasteiger partial charge on any atom is -0.459 e. The Morgan fingerprint density at radius 2 is 1.67 bits per heavy atom. The Balaban J connectivity index is 1.23. The highest BCUT2D eigenvalue weighted by Crippen LogP contribution is 2.26. The van der Waals surface area contributed by atoms with E-state index in [0.29, 0.717) is 30.9 Å². The predicted molar refractivity (Wildman–Crippen MR) is 134 cm³/mol. The number of ether oxygens (including phenoxy) is 1. The van der Waals surface area contributed by atoms with E-state index < -0.39 is 6.04 Å². The zero-order valence-corrected chi connectivity index (χ0v) is 19.7. The third kappa shape index (κ3) is 5.41. The summed E-state index contributed by atoms with van der Waals surface area (Å²) < 4.78 is 10.8. The van der Waals surface area contributed by atoms with Crippen molar-refractivity contribution in [3.8, 4) is 0 Å². The topological polar surface area (TPSA) is 113 Å². The molecule has 186 valence electrons. The molecular weight excluding hydrogens is 460 g/mol. The minimum atomic E-state index is -0.695. The SMILES string of the molecule is O=C(NCC1CCCO1)Nc1ccc(NC(=O)C2Cc3ccccc3CN2C(=O)c2ccco2)cc1. The number of anilines is 2. The molecule has 4 amide bonds. The summed E-state index contributed by atoms with van der Waals surface area (Å²) in [6.45, 7) is 1.53. The van der Waals surface area contributed by atoms with E-state index in [0.717, 1.165) is 30.6 Å². The van der Waals surface area contributed by atoms with Gasteiger partial charge in [-0.05, 0) is 60.4 Å². The van der Waals surface area contributed by atoms with Gasteiger partial charge in [-0.3, -0.25) is 9.59 Å². The van der Waals surface area contributed by atoms with E-state index in [2.05, 4.69) is 16.0 Å². The van der Waals surface area contributed by atoms with Gasteiger partial charge in [-0.25, -0.2) is 4.79 Å². The first kappa shape index (κ1) is 23.6. The van der Waals surface area contributed by atoms with Gasteiger partial charge >= 0.3 is 6.03 Å². The first-order chi connectivity index (χ1) is 17.6. The second-order valence-corrected chi connectivity index (χ2v) is 8.94. The Bertz CT molecular complexity index is 1220. The number of carbonyl (C=O) groups excluding carboxylic acids is 3. The maximum atomic E-state index is 13.3. The Morgan fingerprint density at radius 1 is 0.917 bits per heavy atom. The molecule has 2 aliphatic heterocycles. The number of nitrogens with one attached hydrogen (secondary N) is 3. The van der Waals surface area contributed by atoms with Crippen molar-refractivity contribution in [3.63, 3.8) is 0 Å². The second-order valence-electron chi connectivity index (χ2n) is 8.94. The van der Waals surface area contributed by atoms with Gasteiger partial charge in [-0.2, -0.15) is 0 Å². The van der Waals surface area contributed by atoms with Crippen LogP contribution in [-0.2, 0) is 22.5 Å². The molecule has 9 nitrogen and oxygen atoms in total. The lowest BCUT2D eigenvalue weighted by Gasteiger charge is -2.35. The second kappa shape index (κ2) is 10.7. The fourth-order valence-electron chi connectivity index (χ4n) is 4.56. The smallest absolute Gasteiger partial charge is 0.319 e. The molecule has 1 fully saturated rings. The minimum absolute atomic E-state index is 0.0688.